The number of nitrogens with zero attached hydrogens (tertiary/aromatic N) is 1. The van der Waals surface area contributed by atoms with Gasteiger partial charge < -0.3 is 14.8 Å². The van der Waals surface area contributed by atoms with Crippen LogP contribution in [0.3, 0.4) is 0 Å². The van der Waals surface area contributed by atoms with Crippen LogP contribution in [-0.2, 0) is 11.3 Å². The van der Waals surface area contributed by atoms with Crippen LogP contribution in [0.1, 0.15) is 18.4 Å². The molecule has 20 heavy (non-hydrogen) atoms. The lowest BCUT2D eigenvalue weighted by molar-refractivity contribution is 0.198. The van der Waals surface area contributed by atoms with E-state index in [1.165, 1.54) is 18.4 Å². The Labute approximate surface area is 122 Å². The summed E-state index contributed by atoms with van der Waals surface area (Å²) < 4.78 is 10.8. The van der Waals surface area contributed by atoms with Gasteiger partial charge in [0.2, 0.25) is 0 Å². The van der Waals surface area contributed by atoms with E-state index >= 15 is 0 Å². The summed E-state index contributed by atoms with van der Waals surface area (Å²) >= 11 is 0. The molecule has 0 amide bonds. The van der Waals surface area contributed by atoms with Crippen molar-refractivity contribution in [1.29, 1.82) is 0 Å². The molecule has 112 valence electrons. The third kappa shape index (κ3) is 5.12. The number of unbranched alkanes of at least 4 members (excludes halogenated alkanes) is 1. The summed E-state index contributed by atoms with van der Waals surface area (Å²) in [6.45, 7) is 6.78. The Balaban J connectivity index is 1.64. The number of ether oxygens (including phenoxy) is 2. The second kappa shape index (κ2) is 8.95. The molecule has 0 saturated heterocycles. The van der Waals surface area contributed by atoms with Gasteiger partial charge in [-0.3, -0.25) is 4.90 Å². The van der Waals surface area contributed by atoms with Crippen LogP contribution in [-0.4, -0.2) is 51.4 Å². The summed E-state index contributed by atoms with van der Waals surface area (Å²) in [5, 5.41) is 3.38. The Morgan fingerprint density at radius 2 is 2.15 bits per heavy atom. The lowest BCUT2D eigenvalue weighted by atomic mass is 10.2. The number of methoxy groups -OCH3 is 1. The maximum Gasteiger partial charge on any atom is 0.123 e. The molecule has 0 fully saturated rings. The van der Waals surface area contributed by atoms with Crippen molar-refractivity contribution in [3.05, 3.63) is 29.8 Å². The van der Waals surface area contributed by atoms with Gasteiger partial charge in [0.1, 0.15) is 12.4 Å². The zero-order valence-electron chi connectivity index (χ0n) is 12.4. The first-order valence-corrected chi connectivity index (χ1v) is 7.53. The van der Waals surface area contributed by atoms with Crippen LogP contribution in [0.4, 0.5) is 0 Å². The average molecular weight is 278 g/mol. The van der Waals surface area contributed by atoms with Crippen LogP contribution in [0.2, 0.25) is 0 Å². The first kappa shape index (κ1) is 15.3. The molecule has 0 aliphatic carbocycles. The van der Waals surface area contributed by atoms with E-state index in [0.717, 1.165) is 51.7 Å². The summed E-state index contributed by atoms with van der Waals surface area (Å²) in [4.78, 5) is 2.49. The fraction of sp³-hybridized carbons (Fsp3) is 0.625. The Hall–Kier alpha value is -1.10. The van der Waals surface area contributed by atoms with Gasteiger partial charge >= 0.3 is 0 Å². The molecule has 1 N–H and O–H groups in total. The largest absolute Gasteiger partial charge is 0.492 e. The highest BCUT2D eigenvalue weighted by Crippen LogP contribution is 2.22. The van der Waals surface area contributed by atoms with Gasteiger partial charge in [-0.2, -0.15) is 0 Å². The van der Waals surface area contributed by atoms with Crippen molar-refractivity contribution >= 4 is 0 Å². The quantitative estimate of drug-likeness (QED) is 0.736. The van der Waals surface area contributed by atoms with Crippen molar-refractivity contribution in [3.63, 3.8) is 0 Å². The van der Waals surface area contributed by atoms with Crippen molar-refractivity contribution < 1.29 is 9.47 Å². The molecule has 1 aliphatic heterocycles. The van der Waals surface area contributed by atoms with E-state index < -0.39 is 0 Å². The third-order valence-corrected chi connectivity index (χ3v) is 3.59. The monoisotopic (exact) mass is 278 g/mol. The standard InChI is InChI=1S/C16H26N2O2/c1-19-12-9-17-8-4-5-10-18-11-13-20-16-7-3-2-6-15(16)14-18/h2-3,6-7,17H,4-5,8-14H2,1H3. The maximum absolute atomic E-state index is 5.78. The summed E-state index contributed by atoms with van der Waals surface area (Å²) in [7, 11) is 1.74. The van der Waals surface area contributed by atoms with E-state index in [4.69, 9.17) is 9.47 Å². The minimum atomic E-state index is 0.792. The Bertz CT molecular complexity index is 384. The van der Waals surface area contributed by atoms with E-state index in [1.54, 1.807) is 7.11 Å². The van der Waals surface area contributed by atoms with Crippen LogP contribution < -0.4 is 10.1 Å². The molecule has 1 aromatic carbocycles. The molecule has 1 aromatic rings. The van der Waals surface area contributed by atoms with Crippen molar-refractivity contribution in [2.24, 2.45) is 0 Å². The number of fused-ring (bicyclic) bond motifs is 1. The van der Waals surface area contributed by atoms with E-state index in [2.05, 4.69) is 28.4 Å². The zero-order valence-corrected chi connectivity index (χ0v) is 12.4. The lowest BCUT2D eigenvalue weighted by Gasteiger charge is -2.19. The summed E-state index contributed by atoms with van der Waals surface area (Å²) in [5.74, 6) is 1.05. The van der Waals surface area contributed by atoms with E-state index in [-0.39, 0.29) is 0 Å². The highest BCUT2D eigenvalue weighted by molar-refractivity contribution is 5.33. The minimum absolute atomic E-state index is 0.792. The number of nitrogens with one attached hydrogen (secondary N) is 1. The highest BCUT2D eigenvalue weighted by atomic mass is 16.5. The lowest BCUT2D eigenvalue weighted by Crippen LogP contribution is -2.27. The molecule has 0 saturated carbocycles. The fourth-order valence-corrected chi connectivity index (χ4v) is 2.46. The molecule has 2 rings (SSSR count). The molecule has 4 heteroatoms. The van der Waals surface area contributed by atoms with Crippen LogP contribution in [0.15, 0.2) is 24.3 Å². The van der Waals surface area contributed by atoms with Crippen molar-refractivity contribution in [2.45, 2.75) is 19.4 Å². The van der Waals surface area contributed by atoms with Gasteiger partial charge in [-0.15, -0.1) is 0 Å². The summed E-state index contributed by atoms with van der Waals surface area (Å²) in [5.41, 5.74) is 1.31. The molecule has 0 unspecified atom stereocenters. The number of hydrogen-bond acceptors (Lipinski definition) is 4. The van der Waals surface area contributed by atoms with Gasteiger partial charge in [-0.05, 0) is 32.0 Å². The fourth-order valence-electron chi connectivity index (χ4n) is 2.46. The Morgan fingerprint density at radius 1 is 1.25 bits per heavy atom. The molecule has 0 bridgehead atoms. The van der Waals surface area contributed by atoms with Crippen LogP contribution in [0.5, 0.6) is 5.75 Å². The molecule has 0 radical (unpaired) electrons. The van der Waals surface area contributed by atoms with Crippen LogP contribution in [0, 0.1) is 0 Å². The van der Waals surface area contributed by atoms with Crippen molar-refractivity contribution in [3.8, 4) is 5.75 Å². The molecular formula is C16H26N2O2. The van der Waals surface area contributed by atoms with Gasteiger partial charge in [0.15, 0.2) is 0 Å². The van der Waals surface area contributed by atoms with E-state index in [1.807, 2.05) is 6.07 Å². The Morgan fingerprint density at radius 3 is 3.05 bits per heavy atom. The average Bonchev–Trinajstić information content (AvgIpc) is 2.68. The molecular weight excluding hydrogens is 252 g/mol. The van der Waals surface area contributed by atoms with E-state index in [0.29, 0.717) is 0 Å². The smallest absolute Gasteiger partial charge is 0.123 e. The summed E-state index contributed by atoms with van der Waals surface area (Å²) in [6, 6.07) is 8.37. The maximum atomic E-state index is 5.78. The Kier molecular flexibility index (Phi) is 6.84. The first-order valence-electron chi connectivity index (χ1n) is 7.53. The third-order valence-electron chi connectivity index (χ3n) is 3.59. The summed E-state index contributed by atoms with van der Waals surface area (Å²) in [6.07, 6.45) is 2.44. The SMILES string of the molecule is COCCNCCCCN1CCOc2ccccc2C1. The van der Waals surface area contributed by atoms with Crippen molar-refractivity contribution in [2.75, 3.05) is 46.5 Å². The van der Waals surface area contributed by atoms with Gasteiger partial charge in [-0.1, -0.05) is 18.2 Å². The van der Waals surface area contributed by atoms with E-state index in [9.17, 15) is 0 Å². The molecule has 0 aromatic heterocycles. The molecule has 1 aliphatic rings. The normalized spacial score (nSPS) is 15.4. The topological polar surface area (TPSA) is 33.7 Å². The van der Waals surface area contributed by atoms with Gasteiger partial charge in [0.05, 0.1) is 6.61 Å². The predicted molar refractivity (Wildman–Crippen MR) is 81.2 cm³/mol. The molecule has 0 spiro atoms. The molecule has 4 nitrogen and oxygen atoms in total. The number of rotatable bonds is 8. The minimum Gasteiger partial charge on any atom is -0.492 e. The number of para-hydroxylation sites is 1. The van der Waals surface area contributed by atoms with Crippen LogP contribution in [0.25, 0.3) is 0 Å². The van der Waals surface area contributed by atoms with Crippen molar-refractivity contribution in [1.82, 2.24) is 10.2 Å². The molecule has 1 heterocycles. The van der Waals surface area contributed by atoms with Gasteiger partial charge in [0.25, 0.3) is 0 Å². The first-order chi connectivity index (χ1) is 9.90. The highest BCUT2D eigenvalue weighted by Gasteiger charge is 2.13. The van der Waals surface area contributed by atoms with Gasteiger partial charge in [0, 0.05) is 32.3 Å². The van der Waals surface area contributed by atoms with Gasteiger partial charge in [-0.25, -0.2) is 0 Å². The number of benzene rings is 1. The van der Waals surface area contributed by atoms with Crippen LogP contribution >= 0.6 is 0 Å². The molecule has 0 atom stereocenters. The number of hydrogen-bond donors (Lipinski definition) is 1. The zero-order chi connectivity index (χ0) is 14.0. The predicted octanol–water partition coefficient (Wildman–Crippen LogP) is 1.90. The second-order valence-corrected chi connectivity index (χ2v) is 5.18. The second-order valence-electron chi connectivity index (χ2n) is 5.18.